The van der Waals surface area contributed by atoms with Gasteiger partial charge in [0.25, 0.3) is 0 Å². The van der Waals surface area contributed by atoms with Crippen molar-refractivity contribution in [3.63, 3.8) is 0 Å². The summed E-state index contributed by atoms with van der Waals surface area (Å²) in [4.78, 5) is 2.34. The first-order valence-electron chi connectivity index (χ1n) is 6.69. The summed E-state index contributed by atoms with van der Waals surface area (Å²) in [6.07, 6.45) is 2.73. The number of rotatable bonds is 7. The van der Waals surface area contributed by atoms with Crippen molar-refractivity contribution in [2.45, 2.75) is 32.8 Å². The van der Waals surface area contributed by atoms with Crippen LogP contribution in [0, 0.1) is 0 Å². The third-order valence-electron chi connectivity index (χ3n) is 2.68. The molecule has 0 N–H and O–H groups in total. The minimum absolute atomic E-state index is 0.437. The average Bonchev–Trinajstić information content (AvgIpc) is 2.38. The molecule has 1 aliphatic heterocycles. The lowest BCUT2D eigenvalue weighted by Gasteiger charge is -2.28. The van der Waals surface area contributed by atoms with E-state index >= 15 is 0 Å². The van der Waals surface area contributed by atoms with Gasteiger partial charge in [-0.25, -0.2) is 0 Å². The monoisotopic (exact) mass is 247 g/mol. The molecule has 4 nitrogen and oxygen atoms in total. The average molecular weight is 247 g/mol. The maximum atomic E-state index is 5.72. The quantitative estimate of drug-likeness (QED) is 0.642. The minimum atomic E-state index is 0.437. The van der Waals surface area contributed by atoms with Crippen molar-refractivity contribution in [1.29, 1.82) is 0 Å². The zero-order valence-electron chi connectivity index (χ0n) is 11.9. The standard InChI is InChI=1S/C11H23NO3.C2H6/c1-12-5-3-11(4-6-12)15-10-9-14-8-7-13-2;1-2/h11H,3-10H2,1-2H3;1-2H3. The number of hydrogen-bond acceptors (Lipinski definition) is 4. The first kappa shape index (κ1) is 16.8. The zero-order chi connectivity index (χ0) is 12.9. The van der Waals surface area contributed by atoms with Crippen LogP contribution in [0.25, 0.3) is 0 Å². The highest BCUT2D eigenvalue weighted by atomic mass is 16.5. The van der Waals surface area contributed by atoms with Gasteiger partial charge in [-0.15, -0.1) is 0 Å². The molecular weight excluding hydrogens is 218 g/mol. The molecule has 0 unspecified atom stereocenters. The Hall–Kier alpha value is -0.160. The Balaban J connectivity index is 0.00000121. The van der Waals surface area contributed by atoms with Crippen molar-refractivity contribution in [3.8, 4) is 0 Å². The Morgan fingerprint density at radius 1 is 1.00 bits per heavy atom. The third kappa shape index (κ3) is 9.53. The van der Waals surface area contributed by atoms with Gasteiger partial charge in [0.1, 0.15) is 0 Å². The number of piperidine rings is 1. The molecule has 0 aromatic carbocycles. The highest BCUT2D eigenvalue weighted by molar-refractivity contribution is 4.69. The van der Waals surface area contributed by atoms with Gasteiger partial charge < -0.3 is 19.1 Å². The van der Waals surface area contributed by atoms with E-state index in [9.17, 15) is 0 Å². The van der Waals surface area contributed by atoms with E-state index in [1.165, 1.54) is 0 Å². The Morgan fingerprint density at radius 2 is 1.59 bits per heavy atom. The van der Waals surface area contributed by atoms with Crippen molar-refractivity contribution in [2.24, 2.45) is 0 Å². The molecule has 1 aliphatic rings. The maximum Gasteiger partial charge on any atom is 0.0704 e. The van der Waals surface area contributed by atoms with Gasteiger partial charge in [-0.05, 0) is 19.9 Å². The number of methoxy groups -OCH3 is 1. The molecular formula is C13H29NO3. The molecule has 0 bridgehead atoms. The van der Waals surface area contributed by atoms with E-state index in [-0.39, 0.29) is 0 Å². The van der Waals surface area contributed by atoms with Crippen molar-refractivity contribution in [3.05, 3.63) is 0 Å². The van der Waals surface area contributed by atoms with E-state index < -0.39 is 0 Å². The summed E-state index contributed by atoms with van der Waals surface area (Å²) in [5.41, 5.74) is 0. The molecule has 1 rings (SSSR count). The Labute approximate surface area is 106 Å². The van der Waals surface area contributed by atoms with E-state index in [0.29, 0.717) is 32.5 Å². The minimum Gasteiger partial charge on any atom is -0.382 e. The van der Waals surface area contributed by atoms with E-state index in [1.54, 1.807) is 7.11 Å². The second kappa shape index (κ2) is 12.3. The Morgan fingerprint density at radius 3 is 2.18 bits per heavy atom. The van der Waals surface area contributed by atoms with Crippen molar-refractivity contribution in [1.82, 2.24) is 4.90 Å². The van der Waals surface area contributed by atoms with Crippen LogP contribution in [-0.2, 0) is 14.2 Å². The zero-order valence-corrected chi connectivity index (χ0v) is 11.9. The van der Waals surface area contributed by atoms with E-state index in [0.717, 1.165) is 25.9 Å². The van der Waals surface area contributed by atoms with Gasteiger partial charge in [0.2, 0.25) is 0 Å². The van der Waals surface area contributed by atoms with Crippen LogP contribution in [0.4, 0.5) is 0 Å². The van der Waals surface area contributed by atoms with Crippen LogP contribution in [0.2, 0.25) is 0 Å². The molecule has 1 saturated heterocycles. The molecule has 0 saturated carbocycles. The summed E-state index contributed by atoms with van der Waals surface area (Å²) in [5.74, 6) is 0. The predicted octanol–water partition coefficient (Wildman–Crippen LogP) is 1.79. The van der Waals surface area contributed by atoms with E-state index in [4.69, 9.17) is 14.2 Å². The summed E-state index contributed by atoms with van der Waals surface area (Å²) in [6.45, 7) is 9.00. The van der Waals surface area contributed by atoms with Crippen LogP contribution in [0.15, 0.2) is 0 Å². The lowest BCUT2D eigenvalue weighted by Crippen LogP contribution is -2.34. The van der Waals surface area contributed by atoms with Gasteiger partial charge in [0.15, 0.2) is 0 Å². The van der Waals surface area contributed by atoms with Crippen LogP contribution < -0.4 is 0 Å². The Kier molecular flexibility index (Phi) is 12.2. The van der Waals surface area contributed by atoms with E-state index in [1.807, 2.05) is 13.8 Å². The van der Waals surface area contributed by atoms with Crippen LogP contribution in [0.5, 0.6) is 0 Å². The molecule has 0 aliphatic carbocycles. The predicted molar refractivity (Wildman–Crippen MR) is 70.5 cm³/mol. The smallest absolute Gasteiger partial charge is 0.0704 e. The second-order valence-electron chi connectivity index (χ2n) is 3.98. The molecule has 17 heavy (non-hydrogen) atoms. The lowest BCUT2D eigenvalue weighted by molar-refractivity contribution is -0.0259. The number of likely N-dealkylation sites (tertiary alicyclic amines) is 1. The largest absolute Gasteiger partial charge is 0.382 e. The summed E-state index contributed by atoms with van der Waals surface area (Å²) in [5, 5.41) is 0. The van der Waals surface area contributed by atoms with Crippen LogP contribution in [0.3, 0.4) is 0 Å². The molecule has 0 amide bonds. The highest BCUT2D eigenvalue weighted by Crippen LogP contribution is 2.11. The molecule has 4 heteroatoms. The lowest BCUT2D eigenvalue weighted by atomic mass is 10.1. The molecule has 0 aromatic rings. The van der Waals surface area contributed by atoms with Gasteiger partial charge in [-0.1, -0.05) is 13.8 Å². The molecule has 0 radical (unpaired) electrons. The van der Waals surface area contributed by atoms with Crippen LogP contribution in [-0.4, -0.2) is 64.7 Å². The molecule has 0 spiro atoms. The van der Waals surface area contributed by atoms with Gasteiger partial charge in [-0.3, -0.25) is 0 Å². The molecule has 0 aromatic heterocycles. The van der Waals surface area contributed by atoms with Gasteiger partial charge in [0.05, 0.1) is 32.5 Å². The van der Waals surface area contributed by atoms with Gasteiger partial charge in [0, 0.05) is 20.2 Å². The summed E-state index contributed by atoms with van der Waals surface area (Å²) < 4.78 is 15.9. The van der Waals surface area contributed by atoms with Crippen molar-refractivity contribution >= 4 is 0 Å². The second-order valence-corrected chi connectivity index (χ2v) is 3.98. The fourth-order valence-corrected chi connectivity index (χ4v) is 1.67. The first-order valence-corrected chi connectivity index (χ1v) is 6.69. The summed E-state index contributed by atoms with van der Waals surface area (Å²) in [7, 11) is 3.84. The van der Waals surface area contributed by atoms with Crippen LogP contribution in [0.1, 0.15) is 26.7 Å². The van der Waals surface area contributed by atoms with Crippen LogP contribution >= 0.6 is 0 Å². The normalized spacial score (nSPS) is 17.6. The van der Waals surface area contributed by atoms with Crippen molar-refractivity contribution in [2.75, 3.05) is 53.7 Å². The number of hydrogen-bond donors (Lipinski definition) is 0. The first-order chi connectivity index (χ1) is 8.33. The summed E-state index contributed by atoms with van der Waals surface area (Å²) >= 11 is 0. The Bertz CT molecular complexity index is 148. The molecule has 0 atom stereocenters. The van der Waals surface area contributed by atoms with Gasteiger partial charge in [-0.2, -0.15) is 0 Å². The fourth-order valence-electron chi connectivity index (χ4n) is 1.67. The third-order valence-corrected chi connectivity index (χ3v) is 2.68. The molecule has 1 fully saturated rings. The summed E-state index contributed by atoms with van der Waals surface area (Å²) in [6, 6.07) is 0. The fraction of sp³-hybridized carbons (Fsp3) is 1.00. The van der Waals surface area contributed by atoms with Crippen molar-refractivity contribution < 1.29 is 14.2 Å². The number of nitrogens with zero attached hydrogens (tertiary/aromatic N) is 1. The van der Waals surface area contributed by atoms with Gasteiger partial charge >= 0.3 is 0 Å². The topological polar surface area (TPSA) is 30.9 Å². The molecule has 1 heterocycles. The molecule has 104 valence electrons. The SMILES string of the molecule is CC.COCCOCCOC1CCN(C)CC1. The van der Waals surface area contributed by atoms with E-state index in [2.05, 4.69) is 11.9 Å². The highest BCUT2D eigenvalue weighted by Gasteiger charge is 2.16. The maximum absolute atomic E-state index is 5.72. The number of ether oxygens (including phenoxy) is 3.